The lowest BCUT2D eigenvalue weighted by Gasteiger charge is -2.34. The molecule has 2 heterocycles. The molecule has 24 heavy (non-hydrogen) atoms. The van der Waals surface area contributed by atoms with Crippen LogP contribution in [0.1, 0.15) is 44.2 Å². The third-order valence-electron chi connectivity index (χ3n) is 4.52. The van der Waals surface area contributed by atoms with Crippen molar-refractivity contribution in [1.82, 2.24) is 15.2 Å². The molecular formula is C17H28N4O2S. The lowest BCUT2D eigenvalue weighted by atomic mass is 9.94. The zero-order chi connectivity index (χ0) is 17.9. The summed E-state index contributed by atoms with van der Waals surface area (Å²) < 4.78 is 0. The summed E-state index contributed by atoms with van der Waals surface area (Å²) in [5, 5.41) is 6.54. The Balaban J connectivity index is 1.84. The van der Waals surface area contributed by atoms with Gasteiger partial charge in [-0.15, -0.1) is 11.3 Å². The number of nitrogens with one attached hydrogen (secondary N) is 2. The number of amides is 2. The minimum absolute atomic E-state index is 0.0335. The first kappa shape index (κ1) is 18.9. The number of anilines is 1. The molecule has 0 saturated carbocycles. The van der Waals surface area contributed by atoms with Crippen LogP contribution in [0.15, 0.2) is 0 Å². The molecule has 1 saturated heterocycles. The van der Waals surface area contributed by atoms with Crippen LogP contribution in [0.3, 0.4) is 0 Å². The highest BCUT2D eigenvalue weighted by molar-refractivity contribution is 7.15. The average Bonchev–Trinajstić information content (AvgIpc) is 2.83. The number of aromatic nitrogens is 1. The van der Waals surface area contributed by atoms with Gasteiger partial charge in [0.05, 0.1) is 11.7 Å². The van der Waals surface area contributed by atoms with E-state index in [1.54, 1.807) is 0 Å². The molecule has 1 fully saturated rings. The second-order valence-corrected chi connectivity index (χ2v) is 8.00. The highest BCUT2D eigenvalue weighted by Gasteiger charge is 2.30. The Bertz CT molecular complexity index is 572. The van der Waals surface area contributed by atoms with Crippen molar-refractivity contribution in [3.05, 3.63) is 10.6 Å². The van der Waals surface area contributed by atoms with Gasteiger partial charge >= 0.3 is 0 Å². The number of rotatable bonds is 5. The van der Waals surface area contributed by atoms with E-state index < -0.39 is 0 Å². The van der Waals surface area contributed by atoms with Crippen molar-refractivity contribution in [1.29, 1.82) is 0 Å². The quantitative estimate of drug-likeness (QED) is 0.853. The van der Waals surface area contributed by atoms with Gasteiger partial charge in [0.2, 0.25) is 11.8 Å². The van der Waals surface area contributed by atoms with Crippen LogP contribution in [-0.4, -0.2) is 46.9 Å². The summed E-state index contributed by atoms with van der Waals surface area (Å²) in [6.07, 6.45) is 1.59. The van der Waals surface area contributed by atoms with Crippen LogP contribution in [0.5, 0.6) is 0 Å². The lowest BCUT2D eigenvalue weighted by Crippen LogP contribution is -2.48. The van der Waals surface area contributed by atoms with Gasteiger partial charge in [0, 0.05) is 16.8 Å². The van der Waals surface area contributed by atoms with Crippen LogP contribution in [0.4, 0.5) is 5.13 Å². The predicted octanol–water partition coefficient (Wildman–Crippen LogP) is 2.32. The molecular weight excluding hydrogens is 324 g/mol. The molecule has 1 aliphatic rings. The first-order valence-electron chi connectivity index (χ1n) is 8.57. The van der Waals surface area contributed by atoms with Crippen LogP contribution in [-0.2, 0) is 9.59 Å². The number of hydrogen-bond acceptors (Lipinski definition) is 5. The molecule has 0 radical (unpaired) electrons. The van der Waals surface area contributed by atoms with E-state index in [9.17, 15) is 9.59 Å². The minimum atomic E-state index is -0.219. The summed E-state index contributed by atoms with van der Waals surface area (Å²) in [5.41, 5.74) is 0.958. The van der Waals surface area contributed by atoms with E-state index in [1.807, 2.05) is 34.6 Å². The maximum atomic E-state index is 12.4. The third-order valence-corrected chi connectivity index (χ3v) is 5.51. The Morgan fingerprint density at radius 2 is 1.83 bits per heavy atom. The molecule has 2 N–H and O–H groups in total. The fraction of sp³-hybridized carbons (Fsp3) is 0.706. The molecule has 6 nitrogen and oxygen atoms in total. The topological polar surface area (TPSA) is 74.3 Å². The summed E-state index contributed by atoms with van der Waals surface area (Å²) in [5.74, 6) is 0.160. The number of carbonyl (C=O) groups excluding carboxylic acids is 2. The number of piperidine rings is 1. The molecule has 0 bridgehead atoms. The number of nitrogens with zero attached hydrogens (tertiary/aromatic N) is 2. The summed E-state index contributed by atoms with van der Waals surface area (Å²) in [6.45, 7) is 11.3. The van der Waals surface area contributed by atoms with Crippen LogP contribution in [0, 0.1) is 19.8 Å². The van der Waals surface area contributed by atoms with Crippen molar-refractivity contribution in [3.8, 4) is 0 Å². The van der Waals surface area contributed by atoms with E-state index in [1.165, 1.54) is 11.3 Å². The number of thiazole rings is 1. The van der Waals surface area contributed by atoms with Crippen LogP contribution in [0.25, 0.3) is 0 Å². The Kier molecular flexibility index (Phi) is 6.34. The van der Waals surface area contributed by atoms with Gasteiger partial charge in [-0.2, -0.15) is 0 Å². The lowest BCUT2D eigenvalue weighted by molar-refractivity contribution is -0.127. The molecule has 1 aromatic rings. The summed E-state index contributed by atoms with van der Waals surface area (Å²) in [6, 6.07) is -0.0472. The SMILES string of the molecule is Cc1nc(NC(=O)C(C)N2CCC(C(=O)NC(C)C)CC2)sc1C. The van der Waals surface area contributed by atoms with Crippen LogP contribution >= 0.6 is 11.3 Å². The number of aryl methyl sites for hydroxylation is 2. The third kappa shape index (κ3) is 4.77. The number of hydrogen-bond donors (Lipinski definition) is 2. The maximum Gasteiger partial charge on any atom is 0.243 e. The molecule has 2 rings (SSSR count). The smallest absolute Gasteiger partial charge is 0.243 e. The normalized spacial score (nSPS) is 17.8. The van der Waals surface area contributed by atoms with Crippen molar-refractivity contribution in [2.45, 2.75) is 59.5 Å². The molecule has 0 spiro atoms. The van der Waals surface area contributed by atoms with Gasteiger partial charge in [-0.1, -0.05) is 0 Å². The second-order valence-electron chi connectivity index (χ2n) is 6.80. The van der Waals surface area contributed by atoms with Crippen molar-refractivity contribution < 1.29 is 9.59 Å². The zero-order valence-corrected chi connectivity index (χ0v) is 16.0. The first-order chi connectivity index (χ1) is 11.3. The summed E-state index contributed by atoms with van der Waals surface area (Å²) in [7, 11) is 0. The molecule has 0 aliphatic carbocycles. The highest BCUT2D eigenvalue weighted by Crippen LogP contribution is 2.23. The van der Waals surface area contributed by atoms with E-state index in [0.717, 1.165) is 36.5 Å². The van der Waals surface area contributed by atoms with Gasteiger partial charge in [-0.05, 0) is 60.5 Å². The standard InChI is InChI=1S/C17H28N4O2S/c1-10(2)18-16(23)14-6-8-21(9-7-14)12(4)15(22)20-17-19-11(3)13(5)24-17/h10,12,14H,6-9H2,1-5H3,(H,18,23)(H,19,20,22). The van der Waals surface area contributed by atoms with Gasteiger partial charge in [-0.25, -0.2) is 4.98 Å². The van der Waals surface area contributed by atoms with Crippen molar-refractivity contribution >= 4 is 28.3 Å². The maximum absolute atomic E-state index is 12.4. The molecule has 134 valence electrons. The summed E-state index contributed by atoms with van der Waals surface area (Å²) >= 11 is 1.50. The fourth-order valence-electron chi connectivity index (χ4n) is 2.85. The largest absolute Gasteiger partial charge is 0.354 e. The average molecular weight is 353 g/mol. The van der Waals surface area contributed by atoms with E-state index in [-0.39, 0.29) is 29.8 Å². The van der Waals surface area contributed by atoms with E-state index >= 15 is 0 Å². The van der Waals surface area contributed by atoms with Gasteiger partial charge in [0.15, 0.2) is 5.13 Å². The van der Waals surface area contributed by atoms with Crippen LogP contribution in [0.2, 0.25) is 0 Å². The number of carbonyl (C=O) groups is 2. The molecule has 2 amide bonds. The molecule has 7 heteroatoms. The molecule has 1 aliphatic heterocycles. The van der Waals surface area contributed by atoms with E-state index in [0.29, 0.717) is 5.13 Å². The molecule has 1 aromatic heterocycles. The van der Waals surface area contributed by atoms with Crippen molar-refractivity contribution in [3.63, 3.8) is 0 Å². The predicted molar refractivity (Wildman–Crippen MR) is 97.3 cm³/mol. The molecule has 0 aromatic carbocycles. The van der Waals surface area contributed by atoms with Crippen molar-refractivity contribution in [2.75, 3.05) is 18.4 Å². The van der Waals surface area contributed by atoms with Crippen molar-refractivity contribution in [2.24, 2.45) is 5.92 Å². The van der Waals surface area contributed by atoms with Gasteiger partial charge in [0.25, 0.3) is 0 Å². The Morgan fingerprint density at radius 3 is 2.33 bits per heavy atom. The van der Waals surface area contributed by atoms with E-state index in [2.05, 4.69) is 20.5 Å². The molecule has 1 unspecified atom stereocenters. The zero-order valence-electron chi connectivity index (χ0n) is 15.2. The van der Waals surface area contributed by atoms with Gasteiger partial charge < -0.3 is 10.6 Å². The number of likely N-dealkylation sites (tertiary alicyclic amines) is 1. The van der Waals surface area contributed by atoms with Crippen LogP contribution < -0.4 is 10.6 Å². The monoisotopic (exact) mass is 352 g/mol. The first-order valence-corrected chi connectivity index (χ1v) is 9.39. The van der Waals surface area contributed by atoms with Gasteiger partial charge in [0.1, 0.15) is 0 Å². The van der Waals surface area contributed by atoms with E-state index in [4.69, 9.17) is 0 Å². The summed E-state index contributed by atoms with van der Waals surface area (Å²) in [4.78, 5) is 32.1. The minimum Gasteiger partial charge on any atom is -0.354 e. The highest BCUT2D eigenvalue weighted by atomic mass is 32.1. The Labute approximate surface area is 148 Å². The fourth-order valence-corrected chi connectivity index (χ4v) is 3.67. The second kappa shape index (κ2) is 8.07. The van der Waals surface area contributed by atoms with Gasteiger partial charge in [-0.3, -0.25) is 14.5 Å². The Hall–Kier alpha value is -1.47. The Morgan fingerprint density at radius 1 is 1.21 bits per heavy atom. The molecule has 1 atom stereocenters.